The van der Waals surface area contributed by atoms with E-state index in [4.69, 9.17) is 4.74 Å². The third kappa shape index (κ3) is 3.54. The monoisotopic (exact) mass is 261 g/mol. The first-order valence-electron chi connectivity index (χ1n) is 6.38. The van der Waals surface area contributed by atoms with Crippen LogP contribution in [0.15, 0.2) is 18.2 Å². The molecule has 0 fully saturated rings. The van der Waals surface area contributed by atoms with Crippen LogP contribution in [0.3, 0.4) is 0 Å². The minimum Gasteiger partial charge on any atom is -0.465 e. The number of H-pyrrole nitrogens is 1. The Morgan fingerprint density at radius 3 is 3.00 bits per heavy atom. The van der Waals surface area contributed by atoms with Crippen molar-refractivity contribution in [3.63, 3.8) is 0 Å². The van der Waals surface area contributed by atoms with E-state index < -0.39 is 0 Å². The number of nitrogens with one attached hydrogen (secondary N) is 1. The topological polar surface area (TPSA) is 58.2 Å². The van der Waals surface area contributed by atoms with Crippen molar-refractivity contribution in [1.29, 1.82) is 0 Å². The largest absolute Gasteiger partial charge is 0.465 e. The number of nitrogens with zero attached hydrogens (tertiary/aromatic N) is 2. The number of rotatable bonds is 5. The van der Waals surface area contributed by atoms with E-state index in [9.17, 15) is 4.79 Å². The molecule has 102 valence electrons. The molecule has 1 N–H and O–H groups in total. The van der Waals surface area contributed by atoms with Crippen LogP contribution in [0.5, 0.6) is 0 Å². The van der Waals surface area contributed by atoms with E-state index in [2.05, 4.69) is 16.0 Å². The number of aromatic amines is 1. The summed E-state index contributed by atoms with van der Waals surface area (Å²) in [4.78, 5) is 20.9. The average Bonchev–Trinajstić information content (AvgIpc) is 2.68. The zero-order chi connectivity index (χ0) is 13.8. The van der Waals surface area contributed by atoms with Gasteiger partial charge in [-0.05, 0) is 38.6 Å². The lowest BCUT2D eigenvalue weighted by atomic mass is 10.2. The second-order valence-corrected chi connectivity index (χ2v) is 4.65. The van der Waals surface area contributed by atoms with Gasteiger partial charge in [0.15, 0.2) is 0 Å². The molecule has 2 aromatic rings. The second kappa shape index (κ2) is 5.84. The normalized spacial score (nSPS) is 11.2. The number of fused-ring (bicyclic) bond motifs is 1. The third-order valence-electron chi connectivity index (χ3n) is 2.82. The van der Waals surface area contributed by atoms with Gasteiger partial charge in [-0.25, -0.2) is 4.98 Å². The summed E-state index contributed by atoms with van der Waals surface area (Å²) < 4.78 is 4.93. The minimum absolute atomic E-state index is 0.191. The molecule has 0 bridgehead atoms. The highest BCUT2D eigenvalue weighted by molar-refractivity contribution is 5.76. The van der Waals surface area contributed by atoms with E-state index in [-0.39, 0.29) is 5.97 Å². The molecule has 0 aliphatic rings. The molecule has 19 heavy (non-hydrogen) atoms. The number of hydrogen-bond acceptors (Lipinski definition) is 4. The Morgan fingerprint density at radius 1 is 1.47 bits per heavy atom. The number of imidazole rings is 1. The van der Waals surface area contributed by atoms with Crippen molar-refractivity contribution in [2.24, 2.45) is 0 Å². The Morgan fingerprint density at radius 2 is 2.26 bits per heavy atom. The number of carbonyl (C=O) groups is 1. The summed E-state index contributed by atoms with van der Waals surface area (Å²) in [6, 6.07) is 6.09. The van der Waals surface area contributed by atoms with Crippen LogP contribution in [0.1, 0.15) is 18.3 Å². The molecule has 0 spiro atoms. The standard InChI is InChI=1S/C14H19N3O2/c1-4-19-14(18)9-17(3)8-11-5-6-12-13(7-11)16-10(2)15-12/h5-7H,4,8-9H2,1-3H3,(H,15,16). The Bertz CT molecular complexity index is 577. The van der Waals surface area contributed by atoms with Gasteiger partial charge in [-0.3, -0.25) is 9.69 Å². The molecule has 0 saturated heterocycles. The van der Waals surface area contributed by atoms with Crippen LogP contribution in [0.25, 0.3) is 11.0 Å². The van der Waals surface area contributed by atoms with Crippen LogP contribution >= 0.6 is 0 Å². The lowest BCUT2D eigenvalue weighted by Gasteiger charge is -2.15. The summed E-state index contributed by atoms with van der Waals surface area (Å²) in [6.45, 7) is 5.17. The van der Waals surface area contributed by atoms with Gasteiger partial charge in [0.25, 0.3) is 0 Å². The second-order valence-electron chi connectivity index (χ2n) is 4.65. The maximum absolute atomic E-state index is 11.4. The number of aromatic nitrogens is 2. The molecule has 0 saturated carbocycles. The highest BCUT2D eigenvalue weighted by Gasteiger charge is 2.08. The van der Waals surface area contributed by atoms with E-state index in [1.54, 1.807) is 0 Å². The summed E-state index contributed by atoms with van der Waals surface area (Å²) in [5, 5.41) is 0. The molecule has 0 radical (unpaired) electrons. The van der Waals surface area contributed by atoms with Gasteiger partial charge in [-0.15, -0.1) is 0 Å². The van der Waals surface area contributed by atoms with Gasteiger partial charge >= 0.3 is 5.97 Å². The Labute approximate surface area is 112 Å². The van der Waals surface area contributed by atoms with Crippen LogP contribution in [0, 0.1) is 6.92 Å². The van der Waals surface area contributed by atoms with Gasteiger partial charge in [0.2, 0.25) is 0 Å². The van der Waals surface area contributed by atoms with E-state index in [0.29, 0.717) is 19.7 Å². The number of carbonyl (C=O) groups excluding carboxylic acids is 1. The van der Waals surface area contributed by atoms with Crippen molar-refractivity contribution >= 4 is 17.0 Å². The first kappa shape index (κ1) is 13.5. The van der Waals surface area contributed by atoms with E-state index >= 15 is 0 Å². The lowest BCUT2D eigenvalue weighted by Crippen LogP contribution is -2.26. The van der Waals surface area contributed by atoms with Gasteiger partial charge < -0.3 is 9.72 Å². The molecule has 1 aromatic heterocycles. The molecule has 5 heteroatoms. The fourth-order valence-electron chi connectivity index (χ4n) is 2.08. The van der Waals surface area contributed by atoms with Crippen LogP contribution in [-0.2, 0) is 16.1 Å². The van der Waals surface area contributed by atoms with Crippen molar-refractivity contribution in [2.45, 2.75) is 20.4 Å². The zero-order valence-corrected chi connectivity index (χ0v) is 11.6. The van der Waals surface area contributed by atoms with Gasteiger partial charge in [0.1, 0.15) is 5.82 Å². The molecule has 0 atom stereocenters. The van der Waals surface area contributed by atoms with Gasteiger partial charge in [0.05, 0.1) is 24.2 Å². The smallest absolute Gasteiger partial charge is 0.320 e. The minimum atomic E-state index is -0.191. The first-order valence-corrected chi connectivity index (χ1v) is 6.38. The number of hydrogen-bond donors (Lipinski definition) is 1. The number of aryl methyl sites for hydroxylation is 1. The fraction of sp³-hybridized carbons (Fsp3) is 0.429. The summed E-state index contributed by atoms with van der Waals surface area (Å²) >= 11 is 0. The van der Waals surface area contributed by atoms with Gasteiger partial charge in [-0.2, -0.15) is 0 Å². The number of ether oxygens (including phenoxy) is 1. The predicted octanol–water partition coefficient (Wildman–Crippen LogP) is 1.87. The molecule has 1 aromatic carbocycles. The lowest BCUT2D eigenvalue weighted by molar-refractivity contribution is -0.144. The maximum atomic E-state index is 11.4. The number of esters is 1. The van der Waals surface area contributed by atoms with Crippen molar-refractivity contribution in [3.8, 4) is 0 Å². The van der Waals surface area contributed by atoms with Gasteiger partial charge in [-0.1, -0.05) is 6.07 Å². The average molecular weight is 261 g/mol. The summed E-state index contributed by atoms with van der Waals surface area (Å²) in [7, 11) is 1.90. The summed E-state index contributed by atoms with van der Waals surface area (Å²) in [5.41, 5.74) is 3.14. The number of benzene rings is 1. The van der Waals surface area contributed by atoms with E-state index in [0.717, 1.165) is 22.4 Å². The Kier molecular flexibility index (Phi) is 4.16. The van der Waals surface area contributed by atoms with Crippen molar-refractivity contribution in [3.05, 3.63) is 29.6 Å². The quantitative estimate of drug-likeness (QED) is 0.835. The molecule has 1 heterocycles. The van der Waals surface area contributed by atoms with Crippen LogP contribution in [0.4, 0.5) is 0 Å². The highest BCUT2D eigenvalue weighted by atomic mass is 16.5. The van der Waals surface area contributed by atoms with Crippen LogP contribution in [-0.4, -0.2) is 41.0 Å². The third-order valence-corrected chi connectivity index (χ3v) is 2.82. The van der Waals surface area contributed by atoms with Crippen LogP contribution in [0.2, 0.25) is 0 Å². The fourth-order valence-corrected chi connectivity index (χ4v) is 2.08. The maximum Gasteiger partial charge on any atom is 0.320 e. The Balaban J connectivity index is 2.02. The van der Waals surface area contributed by atoms with Crippen molar-refractivity contribution < 1.29 is 9.53 Å². The number of likely N-dealkylation sites (N-methyl/N-ethyl adjacent to an activating group) is 1. The first-order chi connectivity index (χ1) is 9.08. The van der Waals surface area contributed by atoms with Crippen molar-refractivity contribution in [1.82, 2.24) is 14.9 Å². The molecular formula is C14H19N3O2. The molecule has 2 rings (SSSR count). The Hall–Kier alpha value is -1.88. The molecule has 5 nitrogen and oxygen atoms in total. The SMILES string of the molecule is CCOC(=O)CN(C)Cc1ccc2nc(C)[nH]c2c1. The summed E-state index contributed by atoms with van der Waals surface area (Å²) in [6.07, 6.45) is 0. The molecule has 0 amide bonds. The zero-order valence-electron chi connectivity index (χ0n) is 11.6. The molecule has 0 aliphatic heterocycles. The van der Waals surface area contributed by atoms with E-state index in [1.165, 1.54) is 0 Å². The predicted molar refractivity (Wildman–Crippen MR) is 73.8 cm³/mol. The highest BCUT2D eigenvalue weighted by Crippen LogP contribution is 2.14. The van der Waals surface area contributed by atoms with Crippen LogP contribution < -0.4 is 0 Å². The molecule has 0 unspecified atom stereocenters. The van der Waals surface area contributed by atoms with Gasteiger partial charge in [0, 0.05) is 6.54 Å². The molecule has 0 aliphatic carbocycles. The van der Waals surface area contributed by atoms with Crippen molar-refractivity contribution in [2.75, 3.05) is 20.2 Å². The molecular weight excluding hydrogens is 242 g/mol. The van der Waals surface area contributed by atoms with E-state index in [1.807, 2.05) is 37.9 Å². The summed E-state index contributed by atoms with van der Waals surface area (Å²) in [5.74, 6) is 0.718.